The maximum absolute atomic E-state index is 2.72. The van der Waals surface area contributed by atoms with Gasteiger partial charge in [-0.25, -0.2) is 0 Å². The molecule has 4 aliphatic rings. The van der Waals surface area contributed by atoms with Crippen LogP contribution in [0.3, 0.4) is 0 Å². The van der Waals surface area contributed by atoms with E-state index in [1.54, 1.807) is 5.57 Å². The molecular formula is C26H44. The molecule has 4 aliphatic carbocycles. The van der Waals surface area contributed by atoms with Gasteiger partial charge in [0.1, 0.15) is 0 Å². The fraction of sp³-hybridized carbons (Fsp3) is 0.846. The molecule has 148 valence electrons. The van der Waals surface area contributed by atoms with Crippen molar-refractivity contribution in [3.63, 3.8) is 0 Å². The molecule has 0 amide bonds. The van der Waals surface area contributed by atoms with Gasteiger partial charge in [0, 0.05) is 0 Å². The van der Waals surface area contributed by atoms with Crippen molar-refractivity contribution in [3.05, 3.63) is 23.3 Å². The Hall–Kier alpha value is -0.520. The minimum Gasteiger partial charge on any atom is -0.0884 e. The van der Waals surface area contributed by atoms with Crippen molar-refractivity contribution in [2.45, 2.75) is 99.8 Å². The van der Waals surface area contributed by atoms with E-state index in [2.05, 4.69) is 46.8 Å². The summed E-state index contributed by atoms with van der Waals surface area (Å²) in [6, 6.07) is 0. The molecule has 0 aromatic heterocycles. The molecule has 3 fully saturated rings. The van der Waals surface area contributed by atoms with Crippen LogP contribution in [0, 0.1) is 40.4 Å². The monoisotopic (exact) mass is 356 g/mol. The lowest BCUT2D eigenvalue weighted by Gasteiger charge is -2.58. The second kappa shape index (κ2) is 7.48. The Bertz CT molecular complexity index is 567. The summed E-state index contributed by atoms with van der Waals surface area (Å²) in [7, 11) is 0. The van der Waals surface area contributed by atoms with Crippen molar-refractivity contribution in [3.8, 4) is 0 Å². The van der Waals surface area contributed by atoms with Crippen LogP contribution < -0.4 is 0 Å². The highest BCUT2D eigenvalue weighted by Gasteiger charge is 2.58. The molecule has 3 saturated carbocycles. The molecule has 0 aromatic rings. The summed E-state index contributed by atoms with van der Waals surface area (Å²) in [5.41, 5.74) is 4.65. The number of allylic oxidation sites excluding steroid dienone is 4. The third kappa shape index (κ3) is 2.94. The first-order chi connectivity index (χ1) is 12.4. The largest absolute Gasteiger partial charge is 0.0884 e. The van der Waals surface area contributed by atoms with Gasteiger partial charge in [-0.15, -0.1) is 0 Å². The topological polar surface area (TPSA) is 0 Å². The Balaban J connectivity index is 0.000000948. The standard InChI is InChI=1S/C24H38.C2H6/c1-6-17(3)20-9-10-21-19-8-7-18-15-16(2)11-13-23(18,4)22(19)12-14-24(20,21)5;1-2/h6-7,16,19-22H,8-15H2,1-5H3;1-2H3/b17-6+;/t16-,19?,20+,21?,22?,23?,24?;/m0./s1. The van der Waals surface area contributed by atoms with Crippen LogP contribution in [0.2, 0.25) is 0 Å². The minimum atomic E-state index is 0.546. The van der Waals surface area contributed by atoms with E-state index in [-0.39, 0.29) is 0 Å². The second-order valence-electron chi connectivity index (χ2n) is 10.3. The maximum atomic E-state index is 2.72. The third-order valence-corrected chi connectivity index (χ3v) is 9.36. The van der Waals surface area contributed by atoms with Crippen molar-refractivity contribution >= 4 is 0 Å². The average Bonchev–Trinajstić information content (AvgIpc) is 3.00. The highest BCUT2D eigenvalue weighted by atomic mass is 14.6. The Morgan fingerprint density at radius 1 is 1.04 bits per heavy atom. The van der Waals surface area contributed by atoms with Crippen molar-refractivity contribution in [1.82, 2.24) is 0 Å². The smallest absolute Gasteiger partial charge is 0.00851 e. The molecule has 0 heterocycles. The molecule has 0 saturated heterocycles. The van der Waals surface area contributed by atoms with E-state index in [0.29, 0.717) is 10.8 Å². The van der Waals surface area contributed by atoms with Crippen LogP contribution >= 0.6 is 0 Å². The van der Waals surface area contributed by atoms with Crippen LogP contribution in [0.5, 0.6) is 0 Å². The van der Waals surface area contributed by atoms with Crippen LogP contribution in [0.15, 0.2) is 23.3 Å². The zero-order valence-corrected chi connectivity index (χ0v) is 18.7. The lowest BCUT2D eigenvalue weighted by atomic mass is 9.47. The van der Waals surface area contributed by atoms with E-state index in [4.69, 9.17) is 0 Å². The first kappa shape index (κ1) is 20.2. The van der Waals surface area contributed by atoms with Gasteiger partial charge in [-0.1, -0.05) is 57.9 Å². The number of fused-ring (bicyclic) bond motifs is 5. The van der Waals surface area contributed by atoms with E-state index in [9.17, 15) is 0 Å². The van der Waals surface area contributed by atoms with Gasteiger partial charge in [0.2, 0.25) is 0 Å². The first-order valence-corrected chi connectivity index (χ1v) is 11.7. The van der Waals surface area contributed by atoms with Gasteiger partial charge in [0.25, 0.3) is 0 Å². The fourth-order valence-electron chi connectivity index (χ4n) is 7.79. The number of hydrogen-bond donors (Lipinski definition) is 0. The number of rotatable bonds is 1. The molecule has 0 nitrogen and oxygen atoms in total. The van der Waals surface area contributed by atoms with E-state index in [1.165, 1.54) is 51.4 Å². The first-order valence-electron chi connectivity index (χ1n) is 11.7. The molecule has 0 N–H and O–H groups in total. The fourth-order valence-corrected chi connectivity index (χ4v) is 7.79. The Kier molecular flexibility index (Phi) is 5.82. The number of hydrogen-bond acceptors (Lipinski definition) is 0. The van der Waals surface area contributed by atoms with E-state index in [0.717, 1.165) is 29.6 Å². The third-order valence-electron chi connectivity index (χ3n) is 9.36. The highest BCUT2D eigenvalue weighted by molar-refractivity contribution is 5.26. The van der Waals surface area contributed by atoms with Gasteiger partial charge < -0.3 is 0 Å². The van der Waals surface area contributed by atoms with E-state index in [1.807, 2.05) is 19.4 Å². The molecule has 5 unspecified atom stereocenters. The lowest BCUT2D eigenvalue weighted by Crippen LogP contribution is -2.50. The quantitative estimate of drug-likeness (QED) is 0.415. The summed E-state index contributed by atoms with van der Waals surface area (Å²) in [5.74, 6) is 4.71. The zero-order chi connectivity index (χ0) is 19.1. The van der Waals surface area contributed by atoms with Crippen LogP contribution in [0.4, 0.5) is 0 Å². The Morgan fingerprint density at radius 2 is 1.77 bits per heavy atom. The van der Waals surface area contributed by atoms with Crippen molar-refractivity contribution < 1.29 is 0 Å². The van der Waals surface area contributed by atoms with Gasteiger partial charge in [0.05, 0.1) is 0 Å². The van der Waals surface area contributed by atoms with Crippen LogP contribution in [-0.4, -0.2) is 0 Å². The molecule has 0 bridgehead atoms. The molecule has 0 heteroatoms. The van der Waals surface area contributed by atoms with Crippen LogP contribution in [0.25, 0.3) is 0 Å². The van der Waals surface area contributed by atoms with Crippen molar-refractivity contribution in [2.24, 2.45) is 40.4 Å². The van der Waals surface area contributed by atoms with Crippen LogP contribution in [-0.2, 0) is 0 Å². The predicted molar refractivity (Wildman–Crippen MR) is 115 cm³/mol. The van der Waals surface area contributed by atoms with Gasteiger partial charge in [-0.3, -0.25) is 0 Å². The van der Waals surface area contributed by atoms with E-state index < -0.39 is 0 Å². The van der Waals surface area contributed by atoms with Gasteiger partial charge >= 0.3 is 0 Å². The van der Waals surface area contributed by atoms with Gasteiger partial charge in [-0.05, 0) is 106 Å². The summed E-state index contributed by atoms with van der Waals surface area (Å²) in [6.07, 6.45) is 16.7. The molecule has 0 aliphatic heterocycles. The SMILES string of the molecule is C/C=C(\C)[C@H]1CCC2C3CC=C4C[C@@H](C)CCC4(C)C3CCC21C.CC. The van der Waals surface area contributed by atoms with Crippen LogP contribution in [0.1, 0.15) is 99.8 Å². The highest BCUT2D eigenvalue weighted by Crippen LogP contribution is 2.67. The maximum Gasteiger partial charge on any atom is -0.00851 e. The molecule has 7 atom stereocenters. The van der Waals surface area contributed by atoms with Gasteiger partial charge in [0.15, 0.2) is 0 Å². The summed E-state index contributed by atoms with van der Waals surface area (Å²) in [4.78, 5) is 0. The van der Waals surface area contributed by atoms with Crippen molar-refractivity contribution in [2.75, 3.05) is 0 Å². The molecule has 0 radical (unpaired) electrons. The summed E-state index contributed by atoms with van der Waals surface area (Å²) in [5, 5.41) is 0. The Morgan fingerprint density at radius 3 is 2.46 bits per heavy atom. The summed E-state index contributed by atoms with van der Waals surface area (Å²) in [6.45, 7) is 16.4. The normalized spacial score (nSPS) is 47.7. The molecule has 26 heavy (non-hydrogen) atoms. The molecule has 0 aromatic carbocycles. The van der Waals surface area contributed by atoms with E-state index >= 15 is 0 Å². The predicted octanol–water partition coefficient (Wildman–Crippen LogP) is 8.19. The minimum absolute atomic E-state index is 0.546. The molecular weight excluding hydrogens is 312 g/mol. The average molecular weight is 357 g/mol. The second-order valence-corrected chi connectivity index (χ2v) is 10.3. The van der Waals surface area contributed by atoms with Crippen molar-refractivity contribution in [1.29, 1.82) is 0 Å². The molecule has 0 spiro atoms. The zero-order valence-electron chi connectivity index (χ0n) is 18.7. The lowest BCUT2D eigenvalue weighted by molar-refractivity contribution is -0.0388. The Labute approximate surface area is 163 Å². The summed E-state index contributed by atoms with van der Waals surface area (Å²) < 4.78 is 0. The molecule has 4 rings (SSSR count). The van der Waals surface area contributed by atoms with Gasteiger partial charge in [-0.2, -0.15) is 0 Å². The summed E-state index contributed by atoms with van der Waals surface area (Å²) >= 11 is 0.